The summed E-state index contributed by atoms with van der Waals surface area (Å²) >= 11 is 0. The lowest BCUT2D eigenvalue weighted by Crippen LogP contribution is -2.44. The van der Waals surface area contributed by atoms with E-state index in [4.69, 9.17) is 0 Å². The Kier molecular flexibility index (Phi) is 6.33. The molecule has 0 aliphatic carbocycles. The van der Waals surface area contributed by atoms with Gasteiger partial charge in [-0.15, -0.1) is 6.58 Å². The number of ether oxygens (including phenoxy) is 1. The van der Waals surface area contributed by atoms with E-state index in [0.717, 1.165) is 13.2 Å². The van der Waals surface area contributed by atoms with Crippen molar-refractivity contribution in [3.8, 4) is 0 Å². The molecule has 2 atom stereocenters. The van der Waals surface area contributed by atoms with Gasteiger partial charge in [0.1, 0.15) is 12.1 Å². The first-order valence-corrected chi connectivity index (χ1v) is 6.90. The van der Waals surface area contributed by atoms with Crippen LogP contribution in [0.3, 0.4) is 0 Å². The summed E-state index contributed by atoms with van der Waals surface area (Å²) in [7, 11) is 1.13. The first-order valence-electron chi connectivity index (χ1n) is 6.90. The molecule has 1 amide bonds. The number of nitrogens with zero attached hydrogens (tertiary/aromatic N) is 1. The zero-order valence-corrected chi connectivity index (χ0v) is 13.1. The van der Waals surface area contributed by atoms with Crippen molar-refractivity contribution in [2.24, 2.45) is 0 Å². The number of alkyl halides is 3. The van der Waals surface area contributed by atoms with Crippen molar-refractivity contribution < 1.29 is 27.5 Å². The molecule has 1 aromatic rings. The number of methoxy groups -OCH3 is 1. The summed E-state index contributed by atoms with van der Waals surface area (Å²) in [6.45, 7) is 4.78. The highest BCUT2D eigenvalue weighted by atomic mass is 19.4. The molecule has 9 heteroatoms. The summed E-state index contributed by atoms with van der Waals surface area (Å²) in [6.07, 6.45) is -2.90. The van der Waals surface area contributed by atoms with Crippen molar-refractivity contribution in [2.45, 2.75) is 31.6 Å². The summed E-state index contributed by atoms with van der Waals surface area (Å²) in [5.41, 5.74) is -1.85. The van der Waals surface area contributed by atoms with Gasteiger partial charge in [-0.25, -0.2) is 4.79 Å². The van der Waals surface area contributed by atoms with E-state index in [2.05, 4.69) is 16.6 Å². The van der Waals surface area contributed by atoms with Crippen LogP contribution in [0.1, 0.15) is 24.9 Å². The molecule has 0 bridgehead atoms. The Morgan fingerprint density at radius 3 is 2.54 bits per heavy atom. The van der Waals surface area contributed by atoms with E-state index in [1.807, 2.05) is 0 Å². The highest BCUT2D eigenvalue weighted by Crippen LogP contribution is 2.28. The van der Waals surface area contributed by atoms with E-state index in [0.29, 0.717) is 16.8 Å². The van der Waals surface area contributed by atoms with E-state index in [1.54, 1.807) is 0 Å². The Morgan fingerprint density at radius 1 is 1.42 bits per heavy atom. The number of halogens is 3. The van der Waals surface area contributed by atoms with E-state index in [9.17, 15) is 27.6 Å². The molecule has 1 N–H and O–H groups in total. The fourth-order valence-corrected chi connectivity index (χ4v) is 1.96. The minimum Gasteiger partial charge on any atom is -0.467 e. The Bertz CT molecular complexity index is 682. The fraction of sp³-hybridized carbons (Fsp3) is 0.400. The second-order valence-corrected chi connectivity index (χ2v) is 4.95. The van der Waals surface area contributed by atoms with Crippen molar-refractivity contribution in [1.29, 1.82) is 0 Å². The molecule has 0 aromatic carbocycles. The summed E-state index contributed by atoms with van der Waals surface area (Å²) in [6, 6.07) is -0.921. The Hall–Kier alpha value is -2.58. The minimum atomic E-state index is -4.66. The molecular weight excluding hydrogens is 329 g/mol. The van der Waals surface area contributed by atoms with Gasteiger partial charge in [0, 0.05) is 12.3 Å². The van der Waals surface area contributed by atoms with Crippen LogP contribution < -0.4 is 10.9 Å². The maximum atomic E-state index is 12.8. The Balaban J connectivity index is 3.20. The molecule has 132 valence electrons. The van der Waals surface area contributed by atoms with Gasteiger partial charge in [-0.05, 0) is 19.4 Å². The summed E-state index contributed by atoms with van der Waals surface area (Å²) in [5, 5.41) is 2.30. The summed E-state index contributed by atoms with van der Waals surface area (Å²) in [5.74, 6) is -1.52. The number of rotatable bonds is 6. The van der Waals surface area contributed by atoms with Crippen molar-refractivity contribution in [1.82, 2.24) is 9.88 Å². The largest absolute Gasteiger partial charge is 0.467 e. The molecule has 0 aliphatic heterocycles. The standard InChI is InChI=1S/C15H17F3N2O4/c1-4-5-11(13(22)19-9(2)14(23)24-3)20-8-10(15(16,17)18)6-7-12(20)21/h4,6-9,11H,1,5H2,2-3H3,(H,19,22)/t9?,11-/m0/s1. The zero-order valence-electron chi connectivity index (χ0n) is 13.1. The minimum absolute atomic E-state index is 0.0963. The van der Waals surface area contributed by atoms with Crippen LogP contribution >= 0.6 is 0 Å². The molecule has 24 heavy (non-hydrogen) atoms. The van der Waals surface area contributed by atoms with E-state index in [1.165, 1.54) is 13.0 Å². The predicted molar refractivity (Wildman–Crippen MR) is 79.2 cm³/mol. The van der Waals surface area contributed by atoms with Gasteiger partial charge in [0.05, 0.1) is 12.7 Å². The molecule has 1 unspecified atom stereocenters. The molecule has 0 aliphatic rings. The van der Waals surface area contributed by atoms with Gasteiger partial charge in [-0.1, -0.05) is 6.08 Å². The summed E-state index contributed by atoms with van der Waals surface area (Å²) in [4.78, 5) is 35.5. The van der Waals surface area contributed by atoms with Crippen LogP contribution in [0.5, 0.6) is 0 Å². The van der Waals surface area contributed by atoms with Crippen molar-refractivity contribution in [3.05, 3.63) is 46.9 Å². The van der Waals surface area contributed by atoms with Gasteiger partial charge >= 0.3 is 12.1 Å². The van der Waals surface area contributed by atoms with Crippen molar-refractivity contribution >= 4 is 11.9 Å². The molecule has 6 nitrogen and oxygen atoms in total. The molecule has 0 saturated carbocycles. The number of aromatic nitrogens is 1. The fourth-order valence-electron chi connectivity index (χ4n) is 1.96. The van der Waals surface area contributed by atoms with Crippen LogP contribution in [0, 0.1) is 0 Å². The number of allylic oxidation sites excluding steroid dienone is 1. The number of carbonyl (C=O) groups excluding carboxylic acids is 2. The van der Waals surface area contributed by atoms with Crippen LogP contribution in [0.4, 0.5) is 13.2 Å². The average Bonchev–Trinajstić information content (AvgIpc) is 2.51. The SMILES string of the molecule is C=CC[C@@H](C(=O)NC(C)C(=O)OC)n1cc(C(F)(F)F)ccc1=O. The molecule has 0 fully saturated rings. The van der Waals surface area contributed by atoms with E-state index >= 15 is 0 Å². The highest BCUT2D eigenvalue weighted by molar-refractivity contribution is 5.86. The Morgan fingerprint density at radius 2 is 2.04 bits per heavy atom. The molecular formula is C15H17F3N2O4. The number of nitrogens with one attached hydrogen (secondary N) is 1. The molecule has 0 spiro atoms. The third-order valence-electron chi connectivity index (χ3n) is 3.21. The van der Waals surface area contributed by atoms with Gasteiger partial charge in [-0.2, -0.15) is 13.2 Å². The topological polar surface area (TPSA) is 77.4 Å². The van der Waals surface area contributed by atoms with Crippen LogP contribution in [0.15, 0.2) is 35.8 Å². The average molecular weight is 346 g/mol. The zero-order chi connectivity index (χ0) is 18.5. The lowest BCUT2D eigenvalue weighted by molar-refractivity contribution is -0.144. The lowest BCUT2D eigenvalue weighted by atomic mass is 10.1. The van der Waals surface area contributed by atoms with Crippen LogP contribution in [-0.4, -0.2) is 29.6 Å². The summed E-state index contributed by atoms with van der Waals surface area (Å²) < 4.78 is 43.6. The maximum absolute atomic E-state index is 12.8. The molecule has 1 aromatic heterocycles. The number of hydrogen-bond donors (Lipinski definition) is 1. The van der Waals surface area contributed by atoms with Gasteiger partial charge in [0.2, 0.25) is 5.91 Å². The van der Waals surface area contributed by atoms with E-state index < -0.39 is 41.3 Å². The second-order valence-electron chi connectivity index (χ2n) is 4.95. The quantitative estimate of drug-likeness (QED) is 0.628. The smallest absolute Gasteiger partial charge is 0.417 e. The van der Waals surface area contributed by atoms with E-state index in [-0.39, 0.29) is 6.42 Å². The normalized spacial score (nSPS) is 13.7. The Labute approximate surface area is 135 Å². The van der Waals surface area contributed by atoms with Crippen molar-refractivity contribution in [3.63, 3.8) is 0 Å². The first kappa shape index (κ1) is 19.5. The predicted octanol–water partition coefficient (Wildman–Crippen LogP) is 1.66. The third kappa shape index (κ3) is 4.71. The lowest BCUT2D eigenvalue weighted by Gasteiger charge is -2.21. The molecule has 1 rings (SSSR count). The monoisotopic (exact) mass is 346 g/mol. The van der Waals surface area contributed by atoms with Crippen LogP contribution in [0.25, 0.3) is 0 Å². The second kappa shape index (κ2) is 7.80. The van der Waals surface area contributed by atoms with Crippen molar-refractivity contribution in [2.75, 3.05) is 7.11 Å². The number of carbonyl (C=O) groups is 2. The van der Waals surface area contributed by atoms with Gasteiger partial charge in [-0.3, -0.25) is 9.59 Å². The van der Waals surface area contributed by atoms with Gasteiger partial charge in [0.15, 0.2) is 0 Å². The number of hydrogen-bond acceptors (Lipinski definition) is 4. The van der Waals surface area contributed by atoms with Crippen LogP contribution in [0.2, 0.25) is 0 Å². The van der Waals surface area contributed by atoms with Gasteiger partial charge < -0.3 is 14.6 Å². The number of amides is 1. The number of pyridine rings is 1. The van der Waals surface area contributed by atoms with Crippen LogP contribution in [-0.2, 0) is 20.5 Å². The maximum Gasteiger partial charge on any atom is 0.417 e. The third-order valence-corrected chi connectivity index (χ3v) is 3.21. The highest BCUT2D eigenvalue weighted by Gasteiger charge is 2.32. The molecule has 0 radical (unpaired) electrons. The first-order chi connectivity index (χ1) is 11.1. The molecule has 0 saturated heterocycles. The molecule has 1 heterocycles. The number of esters is 1. The van der Waals surface area contributed by atoms with Gasteiger partial charge in [0.25, 0.3) is 5.56 Å².